The van der Waals surface area contributed by atoms with E-state index >= 15 is 0 Å². The topological polar surface area (TPSA) is 38.9 Å². The minimum absolute atomic E-state index is 0.399. The molecule has 0 atom stereocenters. The number of halogens is 2. The Bertz CT molecular complexity index is 459. The van der Waals surface area contributed by atoms with Crippen molar-refractivity contribution in [3.8, 4) is 11.5 Å². The molecule has 6 heteroatoms. The van der Waals surface area contributed by atoms with Crippen molar-refractivity contribution in [2.45, 2.75) is 9.73 Å². The van der Waals surface area contributed by atoms with E-state index in [1.165, 1.54) is 6.39 Å². The van der Waals surface area contributed by atoms with Crippen molar-refractivity contribution in [3.63, 3.8) is 0 Å². The van der Waals surface area contributed by atoms with Crippen LogP contribution in [0.1, 0.15) is 10.4 Å². The fraction of sp³-hybridized carbons (Fsp3) is 0.111. The van der Waals surface area contributed by atoms with Crippen molar-refractivity contribution in [1.82, 2.24) is 10.2 Å². The smallest absolute Gasteiger partial charge is 0.248 e. The zero-order valence-corrected chi connectivity index (χ0v) is 9.80. The lowest BCUT2D eigenvalue weighted by Crippen LogP contribution is -1.86. The average molecular weight is 261 g/mol. The average Bonchev–Trinajstić information content (AvgIpc) is 2.71. The van der Waals surface area contributed by atoms with Crippen molar-refractivity contribution in [2.24, 2.45) is 0 Å². The van der Waals surface area contributed by atoms with Crippen LogP contribution in [0.5, 0.6) is 0 Å². The molecule has 0 spiro atoms. The van der Waals surface area contributed by atoms with Crippen LogP contribution in [0.25, 0.3) is 11.5 Å². The summed E-state index contributed by atoms with van der Waals surface area (Å²) in [6.45, 7) is 0. The molecule has 0 bridgehead atoms. The summed E-state index contributed by atoms with van der Waals surface area (Å²) in [5.74, 6) is 0.399. The van der Waals surface area contributed by atoms with E-state index in [0.717, 1.165) is 16.0 Å². The van der Waals surface area contributed by atoms with Gasteiger partial charge in [-0.25, -0.2) is 0 Å². The van der Waals surface area contributed by atoms with Crippen LogP contribution < -0.4 is 0 Å². The molecule has 1 aromatic heterocycles. The Morgan fingerprint density at radius 2 is 2.13 bits per heavy atom. The third-order valence-corrected chi connectivity index (χ3v) is 2.76. The van der Waals surface area contributed by atoms with Gasteiger partial charge in [-0.05, 0) is 17.7 Å². The lowest BCUT2D eigenvalue weighted by Gasteiger charge is -2.05. The second-order valence-electron chi connectivity index (χ2n) is 2.82. The normalized spacial score (nSPS) is 10.9. The summed E-state index contributed by atoms with van der Waals surface area (Å²) in [4.78, 5) is 0.151. The van der Waals surface area contributed by atoms with Gasteiger partial charge in [0.1, 0.15) is 4.84 Å². The fourth-order valence-corrected chi connectivity index (χ4v) is 1.66. The van der Waals surface area contributed by atoms with Crippen molar-refractivity contribution in [3.05, 3.63) is 30.2 Å². The van der Waals surface area contributed by atoms with Crippen LogP contribution in [0, 0.1) is 0 Å². The fourth-order valence-electron chi connectivity index (χ4n) is 1.15. The van der Waals surface area contributed by atoms with Crippen LogP contribution in [0.2, 0.25) is 0 Å². The van der Waals surface area contributed by atoms with Crippen LogP contribution in [0.3, 0.4) is 0 Å². The number of thiol groups is 1. The zero-order valence-electron chi connectivity index (χ0n) is 7.39. The standard InChI is InChI=1S/C9H6Cl2N2OS/c10-8(11)5-1-2-7(15)6(3-5)9-13-12-4-14-9/h1-4,8,15H. The Hall–Kier alpha value is -0.710. The summed E-state index contributed by atoms with van der Waals surface area (Å²) in [6, 6.07) is 5.36. The maximum atomic E-state index is 5.76. The van der Waals surface area contributed by atoms with E-state index in [9.17, 15) is 0 Å². The number of alkyl halides is 2. The molecule has 0 saturated carbocycles. The first kappa shape index (κ1) is 10.8. The molecule has 0 saturated heterocycles. The highest BCUT2D eigenvalue weighted by molar-refractivity contribution is 7.80. The van der Waals surface area contributed by atoms with Gasteiger partial charge in [0.05, 0.1) is 5.56 Å². The minimum Gasteiger partial charge on any atom is -0.423 e. The van der Waals surface area contributed by atoms with E-state index in [4.69, 9.17) is 27.6 Å². The van der Waals surface area contributed by atoms with E-state index in [1.807, 2.05) is 0 Å². The molecule has 15 heavy (non-hydrogen) atoms. The summed E-state index contributed by atoms with van der Waals surface area (Å²) < 4.78 is 5.08. The monoisotopic (exact) mass is 260 g/mol. The number of rotatable bonds is 2. The number of hydrogen-bond acceptors (Lipinski definition) is 4. The van der Waals surface area contributed by atoms with E-state index in [0.29, 0.717) is 5.89 Å². The van der Waals surface area contributed by atoms with Gasteiger partial charge >= 0.3 is 0 Å². The van der Waals surface area contributed by atoms with Gasteiger partial charge in [-0.2, -0.15) is 0 Å². The maximum absolute atomic E-state index is 5.76. The SMILES string of the molecule is Sc1ccc(C(Cl)Cl)cc1-c1nnco1. The minimum atomic E-state index is -0.583. The third kappa shape index (κ3) is 2.27. The summed E-state index contributed by atoms with van der Waals surface area (Å²) in [5, 5.41) is 7.39. The summed E-state index contributed by atoms with van der Waals surface area (Å²) in [5.41, 5.74) is 1.49. The third-order valence-electron chi connectivity index (χ3n) is 1.86. The molecule has 0 aliphatic rings. The molecule has 0 aliphatic carbocycles. The molecular formula is C9H6Cl2N2OS. The van der Waals surface area contributed by atoms with Gasteiger partial charge < -0.3 is 4.42 Å². The summed E-state index contributed by atoms with van der Waals surface area (Å²) >= 11 is 15.8. The predicted octanol–water partition coefficient (Wildman–Crippen LogP) is 3.50. The van der Waals surface area contributed by atoms with Crippen LogP contribution in [0.4, 0.5) is 0 Å². The molecule has 0 unspecified atom stereocenters. The molecular weight excluding hydrogens is 255 g/mol. The Kier molecular flexibility index (Phi) is 3.19. The summed E-state index contributed by atoms with van der Waals surface area (Å²) in [7, 11) is 0. The van der Waals surface area contributed by atoms with E-state index < -0.39 is 4.84 Å². The second-order valence-corrected chi connectivity index (χ2v) is 4.40. The highest BCUT2D eigenvalue weighted by Crippen LogP contribution is 2.31. The van der Waals surface area contributed by atoms with Gasteiger partial charge in [-0.1, -0.05) is 6.07 Å². The molecule has 0 aliphatic heterocycles. The first-order valence-corrected chi connectivity index (χ1v) is 5.38. The first-order valence-electron chi connectivity index (χ1n) is 4.06. The van der Waals surface area contributed by atoms with E-state index in [-0.39, 0.29) is 0 Å². The molecule has 0 radical (unpaired) electrons. The molecule has 1 heterocycles. The number of nitrogens with zero attached hydrogens (tertiary/aromatic N) is 2. The molecule has 2 rings (SSSR count). The van der Waals surface area contributed by atoms with Crippen molar-refractivity contribution < 1.29 is 4.42 Å². The van der Waals surface area contributed by atoms with E-state index in [2.05, 4.69) is 22.8 Å². The zero-order chi connectivity index (χ0) is 10.8. The van der Waals surface area contributed by atoms with Gasteiger partial charge in [0, 0.05) is 4.90 Å². The molecule has 0 amide bonds. The Balaban J connectivity index is 2.51. The number of aromatic nitrogens is 2. The molecule has 0 N–H and O–H groups in total. The highest BCUT2D eigenvalue weighted by Gasteiger charge is 2.11. The van der Waals surface area contributed by atoms with Crippen molar-refractivity contribution in [2.75, 3.05) is 0 Å². The maximum Gasteiger partial charge on any atom is 0.248 e. The predicted molar refractivity (Wildman–Crippen MR) is 61.4 cm³/mol. The Labute approximate surface area is 102 Å². The lowest BCUT2D eigenvalue weighted by molar-refractivity contribution is 0.567. The van der Waals surface area contributed by atoms with Gasteiger partial charge in [-0.3, -0.25) is 0 Å². The van der Waals surface area contributed by atoms with Crippen LogP contribution in [0.15, 0.2) is 33.9 Å². The van der Waals surface area contributed by atoms with Gasteiger partial charge in [-0.15, -0.1) is 46.0 Å². The molecule has 0 fully saturated rings. The molecule has 1 aromatic carbocycles. The highest BCUT2D eigenvalue weighted by atomic mass is 35.5. The lowest BCUT2D eigenvalue weighted by atomic mass is 10.1. The van der Waals surface area contributed by atoms with Crippen LogP contribution in [-0.4, -0.2) is 10.2 Å². The Morgan fingerprint density at radius 3 is 2.73 bits per heavy atom. The molecule has 3 nitrogen and oxygen atoms in total. The van der Waals surface area contributed by atoms with Gasteiger partial charge in [0.25, 0.3) is 0 Å². The first-order chi connectivity index (χ1) is 7.18. The largest absolute Gasteiger partial charge is 0.423 e. The van der Waals surface area contributed by atoms with Gasteiger partial charge in [0.2, 0.25) is 12.3 Å². The number of benzene rings is 1. The van der Waals surface area contributed by atoms with Crippen molar-refractivity contribution in [1.29, 1.82) is 0 Å². The Morgan fingerprint density at radius 1 is 1.33 bits per heavy atom. The van der Waals surface area contributed by atoms with Crippen LogP contribution in [-0.2, 0) is 0 Å². The quantitative estimate of drug-likeness (QED) is 0.664. The number of hydrogen-bond donors (Lipinski definition) is 1. The molecule has 2 aromatic rings. The second kappa shape index (κ2) is 4.43. The summed E-state index contributed by atoms with van der Waals surface area (Å²) in [6.07, 6.45) is 1.26. The van der Waals surface area contributed by atoms with Gasteiger partial charge in [0.15, 0.2) is 0 Å². The molecule has 78 valence electrons. The van der Waals surface area contributed by atoms with E-state index in [1.54, 1.807) is 18.2 Å². The van der Waals surface area contributed by atoms with Crippen molar-refractivity contribution >= 4 is 35.8 Å². The van der Waals surface area contributed by atoms with Crippen LogP contribution >= 0.6 is 35.8 Å².